The molecule has 2 heterocycles. The minimum atomic E-state index is -1.81. The average Bonchev–Trinajstić information content (AvgIpc) is 3.12. The quantitative estimate of drug-likeness (QED) is 0.119. The van der Waals surface area contributed by atoms with E-state index in [9.17, 15) is 40.2 Å². The molecular formula is C36H43NO14. The van der Waals surface area contributed by atoms with Gasteiger partial charge in [0.25, 0.3) is 0 Å². The molecule has 5 atom stereocenters. The summed E-state index contributed by atoms with van der Waals surface area (Å²) in [5, 5.41) is 66.7. The number of aromatic carboxylic acids is 1. The molecule has 0 radical (unpaired) electrons. The van der Waals surface area contributed by atoms with E-state index in [1.54, 1.807) is 6.92 Å². The molecule has 0 aromatic heterocycles. The maximum atomic E-state index is 13.3. The van der Waals surface area contributed by atoms with E-state index < -0.39 is 72.1 Å². The zero-order valence-electron chi connectivity index (χ0n) is 28.5. The number of aliphatic hydroxyl groups excluding tert-OH is 3. The molecule has 276 valence electrons. The summed E-state index contributed by atoms with van der Waals surface area (Å²) in [6.07, 6.45) is -6.14. The average molecular weight is 714 g/mol. The first-order valence-corrected chi connectivity index (χ1v) is 16.7. The van der Waals surface area contributed by atoms with Gasteiger partial charge in [-0.3, -0.25) is 0 Å². The van der Waals surface area contributed by atoms with Crippen LogP contribution in [0.2, 0.25) is 0 Å². The number of hydrogen-bond donors (Lipinski definition) is 7. The number of phenols is 2. The van der Waals surface area contributed by atoms with E-state index in [-0.39, 0.29) is 41.7 Å². The van der Waals surface area contributed by atoms with Gasteiger partial charge in [0.2, 0.25) is 17.8 Å². The smallest absolute Gasteiger partial charge is 0.342 e. The molecule has 2 aliphatic rings. The summed E-state index contributed by atoms with van der Waals surface area (Å²) in [7, 11) is 1.25. The van der Waals surface area contributed by atoms with Crippen molar-refractivity contribution in [3.05, 3.63) is 64.2 Å². The lowest BCUT2D eigenvalue weighted by molar-refractivity contribution is -0.277. The number of anilines is 1. The Morgan fingerprint density at radius 2 is 1.75 bits per heavy atom. The molecule has 5 rings (SSSR count). The van der Waals surface area contributed by atoms with Crippen LogP contribution >= 0.6 is 0 Å². The lowest BCUT2D eigenvalue weighted by atomic mass is 9.97. The second-order valence-corrected chi connectivity index (χ2v) is 12.0. The molecule has 0 aliphatic carbocycles. The van der Waals surface area contributed by atoms with Gasteiger partial charge in [-0.2, -0.15) is 0 Å². The van der Waals surface area contributed by atoms with Crippen molar-refractivity contribution in [3.63, 3.8) is 0 Å². The van der Waals surface area contributed by atoms with Crippen LogP contribution in [0.25, 0.3) is 0 Å². The third-order valence-electron chi connectivity index (χ3n) is 8.70. The number of methoxy groups -OCH3 is 1. The lowest BCUT2D eigenvalue weighted by Crippen LogP contribution is -2.60. The number of carbonyl (C=O) groups excluding carboxylic acids is 1. The Morgan fingerprint density at radius 3 is 2.45 bits per heavy atom. The van der Waals surface area contributed by atoms with E-state index in [1.165, 1.54) is 13.2 Å². The van der Waals surface area contributed by atoms with Crippen LogP contribution in [0.15, 0.2) is 36.4 Å². The highest BCUT2D eigenvalue weighted by molar-refractivity contribution is 5.98. The van der Waals surface area contributed by atoms with Crippen molar-refractivity contribution < 1.29 is 68.6 Å². The molecule has 51 heavy (non-hydrogen) atoms. The van der Waals surface area contributed by atoms with Gasteiger partial charge in [-0.05, 0) is 37.3 Å². The topological polar surface area (TPSA) is 223 Å². The SMILES string of the molecule is CCNc1cc(O[C@@H]2O[C@H](COC(=O)c3cc(OC)c(O)c(OCCc4cccc(CC)c4)c3O)[C@@H](O)[C@H](O)[C@H]2O)c2c(c1C(=O)O)CCCO2. The fourth-order valence-electron chi connectivity index (χ4n) is 6.03. The van der Waals surface area contributed by atoms with Gasteiger partial charge in [-0.25, -0.2) is 9.59 Å². The van der Waals surface area contributed by atoms with Crippen molar-refractivity contribution >= 4 is 17.6 Å². The van der Waals surface area contributed by atoms with E-state index in [2.05, 4.69) is 5.32 Å². The normalized spacial score (nSPS) is 21.2. The van der Waals surface area contributed by atoms with Crippen molar-refractivity contribution in [2.45, 2.75) is 70.2 Å². The van der Waals surface area contributed by atoms with Gasteiger partial charge >= 0.3 is 11.9 Å². The molecule has 0 spiro atoms. The van der Waals surface area contributed by atoms with Gasteiger partial charge in [0.1, 0.15) is 36.6 Å². The van der Waals surface area contributed by atoms with Crippen LogP contribution in [0.3, 0.4) is 0 Å². The molecule has 0 amide bonds. The predicted molar refractivity (Wildman–Crippen MR) is 180 cm³/mol. The third-order valence-corrected chi connectivity index (χ3v) is 8.70. The molecule has 3 aromatic rings. The van der Waals surface area contributed by atoms with Crippen LogP contribution < -0.4 is 24.3 Å². The second-order valence-electron chi connectivity index (χ2n) is 12.0. The maximum absolute atomic E-state index is 13.3. The minimum absolute atomic E-state index is 0.0219. The molecular weight excluding hydrogens is 670 g/mol. The molecule has 0 unspecified atom stereocenters. The molecule has 15 nitrogen and oxygen atoms in total. The highest BCUT2D eigenvalue weighted by Crippen LogP contribution is 2.46. The number of hydrogen-bond acceptors (Lipinski definition) is 14. The van der Waals surface area contributed by atoms with Crippen LogP contribution in [0, 0.1) is 0 Å². The lowest BCUT2D eigenvalue weighted by Gasteiger charge is -2.40. The molecule has 15 heteroatoms. The highest BCUT2D eigenvalue weighted by atomic mass is 16.7. The summed E-state index contributed by atoms with van der Waals surface area (Å²) in [6.45, 7) is 3.87. The second kappa shape index (κ2) is 16.4. The number of aromatic hydroxyl groups is 2. The number of nitrogens with one attached hydrogen (secondary N) is 1. The van der Waals surface area contributed by atoms with Gasteiger partial charge in [0, 0.05) is 30.7 Å². The van der Waals surface area contributed by atoms with Crippen molar-refractivity contribution in [1.82, 2.24) is 0 Å². The first-order valence-electron chi connectivity index (χ1n) is 16.7. The van der Waals surface area contributed by atoms with Crippen LogP contribution in [-0.2, 0) is 28.7 Å². The van der Waals surface area contributed by atoms with Gasteiger partial charge < -0.3 is 64.4 Å². The molecule has 3 aromatic carbocycles. The third kappa shape index (κ3) is 8.01. The monoisotopic (exact) mass is 713 g/mol. The van der Waals surface area contributed by atoms with Gasteiger partial charge in [0.15, 0.2) is 23.0 Å². The Hall–Kier alpha value is -4.96. The van der Waals surface area contributed by atoms with E-state index in [1.807, 2.05) is 31.2 Å². The van der Waals surface area contributed by atoms with Crippen LogP contribution in [0.1, 0.15) is 57.7 Å². The number of aryl methyl sites for hydroxylation is 1. The van der Waals surface area contributed by atoms with Crippen LogP contribution in [0.5, 0.6) is 34.5 Å². The number of carboxylic acids is 1. The summed E-state index contributed by atoms with van der Waals surface area (Å²) in [4.78, 5) is 25.4. The maximum Gasteiger partial charge on any atom is 0.342 e. The molecule has 7 N–H and O–H groups in total. The Bertz CT molecular complexity index is 1730. The molecule has 2 aliphatic heterocycles. The zero-order valence-corrected chi connectivity index (χ0v) is 28.5. The zero-order chi connectivity index (χ0) is 36.8. The Morgan fingerprint density at radius 1 is 0.980 bits per heavy atom. The predicted octanol–water partition coefficient (Wildman–Crippen LogP) is 2.79. The molecule has 1 fully saturated rings. The van der Waals surface area contributed by atoms with Crippen molar-refractivity contribution in [3.8, 4) is 34.5 Å². The molecule has 1 saturated heterocycles. The minimum Gasteiger partial charge on any atom is -0.504 e. The summed E-state index contributed by atoms with van der Waals surface area (Å²) in [5.74, 6) is -3.93. The standard InChI is InChI=1S/C36H43NO14/c1-4-18-8-6-9-19(14-18)11-13-48-33-27(38)21(15-23(46-3)29(33)40)35(45)49-17-25-28(39)30(41)31(42)36(51-25)50-24-16-22(37-5-2)26(34(43)44)20-10-7-12-47-32(20)24/h6,8-9,14-16,25,28,30-31,36-42H,4-5,7,10-13,17H2,1-3H3,(H,43,44)/t25-,28-,30+,31-,36-/m1/s1. The summed E-state index contributed by atoms with van der Waals surface area (Å²) < 4.78 is 33.7. The Labute approximate surface area is 293 Å². The van der Waals surface area contributed by atoms with Gasteiger partial charge in [-0.15, -0.1) is 0 Å². The van der Waals surface area contributed by atoms with E-state index in [0.29, 0.717) is 31.4 Å². The fraction of sp³-hybridized carbons (Fsp3) is 0.444. The summed E-state index contributed by atoms with van der Waals surface area (Å²) in [6, 6.07) is 10.3. The van der Waals surface area contributed by atoms with E-state index in [0.717, 1.165) is 23.6 Å². The van der Waals surface area contributed by atoms with Crippen molar-refractivity contribution in [2.75, 3.05) is 38.8 Å². The summed E-state index contributed by atoms with van der Waals surface area (Å²) >= 11 is 0. The number of ether oxygens (including phenoxy) is 6. The van der Waals surface area contributed by atoms with E-state index >= 15 is 0 Å². The van der Waals surface area contributed by atoms with Crippen molar-refractivity contribution in [1.29, 1.82) is 0 Å². The number of carbonyl (C=O) groups is 2. The first-order chi connectivity index (χ1) is 24.5. The first kappa shape index (κ1) is 37.3. The number of rotatable bonds is 14. The van der Waals surface area contributed by atoms with Crippen LogP contribution in [-0.4, -0.2) is 107 Å². The fourth-order valence-corrected chi connectivity index (χ4v) is 6.03. The van der Waals surface area contributed by atoms with Crippen molar-refractivity contribution in [2.24, 2.45) is 0 Å². The number of esters is 1. The van der Waals surface area contributed by atoms with Crippen LogP contribution in [0.4, 0.5) is 5.69 Å². The molecule has 0 saturated carbocycles. The van der Waals surface area contributed by atoms with Gasteiger partial charge in [-0.1, -0.05) is 31.2 Å². The summed E-state index contributed by atoms with van der Waals surface area (Å²) in [5.41, 5.74) is 2.34. The Kier molecular flexibility index (Phi) is 12.0. The number of fused-ring (bicyclic) bond motifs is 1. The number of carboxylic acid groups (broad SMARTS) is 1. The largest absolute Gasteiger partial charge is 0.504 e. The number of benzene rings is 3. The molecule has 0 bridgehead atoms. The number of aliphatic hydroxyl groups is 3. The van der Waals surface area contributed by atoms with E-state index in [4.69, 9.17) is 28.4 Å². The number of phenolic OH excluding ortho intramolecular Hbond substituents is 2. The Balaban J connectivity index is 1.32. The van der Waals surface area contributed by atoms with Gasteiger partial charge in [0.05, 0.1) is 31.6 Å². The highest BCUT2D eigenvalue weighted by Gasteiger charge is 2.46.